The molecule has 0 unspecified atom stereocenters. The monoisotopic (exact) mass is 256 g/mol. The summed E-state index contributed by atoms with van der Waals surface area (Å²) in [4.78, 5) is 35.6. The molecule has 102 valence electrons. The number of carboxylic acids is 1. The minimum absolute atomic E-state index is 0.171. The van der Waals surface area contributed by atoms with E-state index in [4.69, 9.17) is 10.8 Å². The van der Waals surface area contributed by atoms with Crippen molar-refractivity contribution >= 4 is 17.8 Å². The number of hydrogen-bond donors (Lipinski definition) is 2. The second-order valence-corrected chi connectivity index (χ2v) is 5.64. The lowest BCUT2D eigenvalue weighted by Gasteiger charge is -2.26. The Morgan fingerprint density at radius 3 is 2.06 bits per heavy atom. The molecule has 0 aromatic heterocycles. The maximum Gasteiger partial charge on any atom is 0.307 e. The molecule has 1 saturated carbocycles. The van der Waals surface area contributed by atoms with Gasteiger partial charge in [-0.1, -0.05) is 13.8 Å². The van der Waals surface area contributed by atoms with Crippen LogP contribution in [0.3, 0.4) is 0 Å². The Bertz CT molecular complexity index is 386. The first kappa shape index (κ1) is 14.5. The first-order valence-corrected chi connectivity index (χ1v) is 5.92. The number of aliphatic carboxylic acids is 1. The fourth-order valence-electron chi connectivity index (χ4n) is 2.42. The highest BCUT2D eigenvalue weighted by Crippen LogP contribution is 2.59. The van der Waals surface area contributed by atoms with Crippen molar-refractivity contribution in [2.24, 2.45) is 23.0 Å². The number of carbonyl (C=O) groups is 3. The minimum atomic E-state index is -0.971. The third kappa shape index (κ3) is 2.47. The van der Waals surface area contributed by atoms with Gasteiger partial charge in [-0.05, 0) is 19.3 Å². The topological polar surface area (TPSA) is 101 Å². The zero-order valence-electron chi connectivity index (χ0n) is 11.1. The minimum Gasteiger partial charge on any atom is -0.481 e. The van der Waals surface area contributed by atoms with Gasteiger partial charge < -0.3 is 15.7 Å². The lowest BCUT2D eigenvalue weighted by atomic mass is 10.1. The predicted molar refractivity (Wildman–Crippen MR) is 64.4 cm³/mol. The van der Waals surface area contributed by atoms with Crippen molar-refractivity contribution in [2.75, 3.05) is 6.54 Å². The number of rotatable bonds is 5. The van der Waals surface area contributed by atoms with Gasteiger partial charge in [0, 0.05) is 6.04 Å². The van der Waals surface area contributed by atoms with Crippen molar-refractivity contribution in [1.82, 2.24) is 4.90 Å². The highest BCUT2D eigenvalue weighted by Gasteiger charge is 2.66. The number of amides is 2. The van der Waals surface area contributed by atoms with Gasteiger partial charge in [-0.25, -0.2) is 0 Å². The molecule has 0 aliphatic heterocycles. The van der Waals surface area contributed by atoms with E-state index in [1.165, 1.54) is 4.90 Å². The largest absolute Gasteiger partial charge is 0.481 e. The first-order valence-electron chi connectivity index (χ1n) is 5.92. The van der Waals surface area contributed by atoms with Crippen LogP contribution in [0.4, 0.5) is 0 Å². The summed E-state index contributed by atoms with van der Waals surface area (Å²) in [5.74, 6) is -3.12. The van der Waals surface area contributed by atoms with Gasteiger partial charge in [-0.3, -0.25) is 14.4 Å². The fourth-order valence-corrected chi connectivity index (χ4v) is 2.42. The smallest absolute Gasteiger partial charge is 0.307 e. The first-order chi connectivity index (χ1) is 8.10. The molecule has 1 aliphatic rings. The van der Waals surface area contributed by atoms with Crippen LogP contribution in [0.1, 0.15) is 27.7 Å². The van der Waals surface area contributed by atoms with Crippen LogP contribution in [0, 0.1) is 17.3 Å². The van der Waals surface area contributed by atoms with Crippen molar-refractivity contribution < 1.29 is 19.5 Å². The van der Waals surface area contributed by atoms with Crippen molar-refractivity contribution in [3.05, 3.63) is 0 Å². The Hall–Kier alpha value is -1.59. The van der Waals surface area contributed by atoms with Gasteiger partial charge in [0.15, 0.2) is 0 Å². The summed E-state index contributed by atoms with van der Waals surface area (Å²) in [7, 11) is 0. The van der Waals surface area contributed by atoms with Gasteiger partial charge in [-0.15, -0.1) is 0 Å². The zero-order chi connectivity index (χ0) is 14.2. The van der Waals surface area contributed by atoms with E-state index < -0.39 is 29.1 Å². The molecule has 6 heteroatoms. The molecule has 0 heterocycles. The van der Waals surface area contributed by atoms with Crippen LogP contribution in [-0.2, 0) is 14.4 Å². The number of carbonyl (C=O) groups excluding carboxylic acids is 2. The van der Waals surface area contributed by atoms with Gasteiger partial charge in [-0.2, -0.15) is 0 Å². The molecule has 0 radical (unpaired) electrons. The summed E-state index contributed by atoms with van der Waals surface area (Å²) in [6, 6.07) is -0.184. The van der Waals surface area contributed by atoms with Crippen molar-refractivity contribution in [2.45, 2.75) is 33.7 Å². The van der Waals surface area contributed by atoms with E-state index >= 15 is 0 Å². The van der Waals surface area contributed by atoms with Gasteiger partial charge in [0.2, 0.25) is 11.8 Å². The molecule has 18 heavy (non-hydrogen) atoms. The average molecular weight is 256 g/mol. The predicted octanol–water partition coefficient (Wildman–Crippen LogP) is 0.0655. The molecule has 2 atom stereocenters. The summed E-state index contributed by atoms with van der Waals surface area (Å²) >= 11 is 0. The molecule has 0 aromatic carbocycles. The van der Waals surface area contributed by atoms with E-state index in [1.807, 2.05) is 0 Å². The van der Waals surface area contributed by atoms with Gasteiger partial charge >= 0.3 is 5.97 Å². The van der Waals surface area contributed by atoms with Crippen LogP contribution >= 0.6 is 0 Å². The van der Waals surface area contributed by atoms with E-state index in [0.29, 0.717) is 0 Å². The molecule has 0 bridgehead atoms. The highest BCUT2D eigenvalue weighted by atomic mass is 16.4. The Morgan fingerprint density at radius 1 is 1.28 bits per heavy atom. The quantitative estimate of drug-likeness (QED) is 0.726. The molecule has 1 fully saturated rings. The van der Waals surface area contributed by atoms with Crippen LogP contribution in [0.25, 0.3) is 0 Å². The lowest BCUT2D eigenvalue weighted by molar-refractivity contribution is -0.143. The fraction of sp³-hybridized carbons (Fsp3) is 0.750. The molecule has 1 aliphatic carbocycles. The number of carboxylic acid groups (broad SMARTS) is 1. The summed E-state index contributed by atoms with van der Waals surface area (Å²) in [6.07, 6.45) is 0. The van der Waals surface area contributed by atoms with Crippen LogP contribution < -0.4 is 5.73 Å². The van der Waals surface area contributed by atoms with Crippen molar-refractivity contribution in [1.29, 1.82) is 0 Å². The Labute approximate surface area is 106 Å². The van der Waals surface area contributed by atoms with Gasteiger partial charge in [0.05, 0.1) is 18.4 Å². The van der Waals surface area contributed by atoms with E-state index in [-0.39, 0.29) is 18.5 Å². The summed E-state index contributed by atoms with van der Waals surface area (Å²) in [6.45, 7) is 6.86. The van der Waals surface area contributed by atoms with E-state index in [1.54, 1.807) is 27.7 Å². The molecule has 6 nitrogen and oxygen atoms in total. The zero-order valence-corrected chi connectivity index (χ0v) is 11.1. The van der Waals surface area contributed by atoms with Gasteiger partial charge in [0.1, 0.15) is 0 Å². The third-order valence-corrected chi connectivity index (χ3v) is 3.59. The molecular weight excluding hydrogens is 236 g/mol. The number of hydrogen-bond acceptors (Lipinski definition) is 3. The van der Waals surface area contributed by atoms with Crippen molar-refractivity contribution in [3.8, 4) is 0 Å². The maximum absolute atomic E-state index is 12.3. The molecule has 3 N–H and O–H groups in total. The normalized spacial score (nSPS) is 24.7. The van der Waals surface area contributed by atoms with E-state index in [9.17, 15) is 14.4 Å². The van der Waals surface area contributed by atoms with Crippen LogP contribution in [0.2, 0.25) is 0 Å². The SMILES string of the molecule is CC(C)N(CC(N)=O)C(=O)[C@H]1[C@@H](C(=O)O)C1(C)C. The van der Waals surface area contributed by atoms with Gasteiger partial charge in [0.25, 0.3) is 0 Å². The van der Waals surface area contributed by atoms with Crippen LogP contribution in [0.5, 0.6) is 0 Å². The number of primary amides is 1. The summed E-state index contributed by atoms with van der Waals surface area (Å²) in [5.41, 5.74) is 4.54. The lowest BCUT2D eigenvalue weighted by Crippen LogP contribution is -2.44. The van der Waals surface area contributed by atoms with Crippen LogP contribution in [-0.4, -0.2) is 40.4 Å². The van der Waals surface area contributed by atoms with E-state index in [0.717, 1.165) is 0 Å². The Morgan fingerprint density at radius 2 is 1.78 bits per heavy atom. The second kappa shape index (κ2) is 4.59. The third-order valence-electron chi connectivity index (χ3n) is 3.59. The molecule has 0 aromatic rings. The van der Waals surface area contributed by atoms with Crippen molar-refractivity contribution in [3.63, 3.8) is 0 Å². The molecule has 0 spiro atoms. The Kier molecular flexibility index (Phi) is 3.69. The summed E-state index contributed by atoms with van der Waals surface area (Å²) in [5, 5.41) is 9.05. The standard InChI is InChI=1S/C12H20N2O4/c1-6(2)14(5-7(13)15)10(16)8-9(11(17)18)12(8,3)4/h6,8-9H,5H2,1-4H3,(H2,13,15)(H,17,18)/t8-,9+/m1/s1. The van der Waals surface area contributed by atoms with E-state index in [2.05, 4.69) is 0 Å². The molecule has 1 rings (SSSR count). The second-order valence-electron chi connectivity index (χ2n) is 5.64. The number of nitrogens with zero attached hydrogens (tertiary/aromatic N) is 1. The Balaban J connectivity index is 2.86. The number of nitrogens with two attached hydrogens (primary N) is 1. The average Bonchev–Trinajstić information content (AvgIpc) is 2.76. The molecular formula is C12H20N2O4. The molecule has 2 amide bonds. The highest BCUT2D eigenvalue weighted by molar-refractivity contribution is 5.93. The maximum atomic E-state index is 12.3. The molecule has 0 saturated heterocycles. The summed E-state index contributed by atoms with van der Waals surface area (Å²) < 4.78 is 0. The van der Waals surface area contributed by atoms with Crippen LogP contribution in [0.15, 0.2) is 0 Å².